The second-order valence-corrected chi connectivity index (χ2v) is 4.65. The van der Waals surface area contributed by atoms with Gasteiger partial charge in [-0.15, -0.1) is 0 Å². The van der Waals surface area contributed by atoms with Crippen LogP contribution in [0.25, 0.3) is 0 Å². The van der Waals surface area contributed by atoms with Crippen LogP contribution < -0.4 is 4.74 Å². The summed E-state index contributed by atoms with van der Waals surface area (Å²) in [7, 11) is 0. The second kappa shape index (κ2) is 6.86. The highest BCUT2D eigenvalue weighted by Crippen LogP contribution is 2.20. The molecule has 21 heavy (non-hydrogen) atoms. The summed E-state index contributed by atoms with van der Waals surface area (Å²) >= 11 is 0. The number of aliphatic hydroxyl groups is 1. The molecule has 0 unspecified atom stereocenters. The summed E-state index contributed by atoms with van der Waals surface area (Å²) in [5.41, 5.74) is 2.61. The van der Waals surface area contributed by atoms with Crippen LogP contribution in [-0.4, -0.2) is 21.9 Å². The Morgan fingerprint density at radius 2 is 2.29 bits per heavy atom. The van der Waals surface area contributed by atoms with E-state index in [0.29, 0.717) is 30.0 Å². The molecule has 6 heteroatoms. The van der Waals surface area contributed by atoms with Crippen molar-refractivity contribution >= 4 is 0 Å². The number of aromatic nitrogens is 2. The van der Waals surface area contributed by atoms with Crippen LogP contribution in [0.15, 0.2) is 18.2 Å². The Labute approximate surface area is 122 Å². The van der Waals surface area contributed by atoms with E-state index in [0.717, 1.165) is 17.7 Å². The number of nitriles is 1. The summed E-state index contributed by atoms with van der Waals surface area (Å²) in [4.78, 5) is 0. The SMILES string of the molecule is Cc1c(C#N)n[nH]c1CCCOc1ccc(F)cc1CO. The second-order valence-electron chi connectivity index (χ2n) is 4.65. The highest BCUT2D eigenvalue weighted by atomic mass is 19.1. The topological polar surface area (TPSA) is 81.9 Å². The number of H-pyrrole nitrogens is 1. The van der Waals surface area contributed by atoms with E-state index in [1.807, 2.05) is 13.0 Å². The lowest BCUT2D eigenvalue weighted by Gasteiger charge is -2.10. The van der Waals surface area contributed by atoms with Gasteiger partial charge in [0.25, 0.3) is 0 Å². The molecule has 2 aromatic rings. The first-order valence-electron chi connectivity index (χ1n) is 6.61. The molecule has 1 aromatic carbocycles. The van der Waals surface area contributed by atoms with Gasteiger partial charge in [-0.05, 0) is 38.0 Å². The zero-order valence-corrected chi connectivity index (χ0v) is 11.7. The molecule has 0 radical (unpaired) electrons. The Morgan fingerprint density at radius 3 is 2.95 bits per heavy atom. The van der Waals surface area contributed by atoms with Crippen LogP contribution in [0.1, 0.15) is 28.9 Å². The predicted octanol–water partition coefficient (Wildman–Crippen LogP) is 2.23. The molecular formula is C15H16FN3O2. The Kier molecular flexibility index (Phi) is 4.90. The van der Waals surface area contributed by atoms with Crippen LogP contribution in [0.4, 0.5) is 4.39 Å². The van der Waals surface area contributed by atoms with Crippen molar-refractivity contribution < 1.29 is 14.2 Å². The fraction of sp³-hybridized carbons (Fsp3) is 0.333. The molecule has 0 aliphatic rings. The first kappa shape index (κ1) is 15.0. The number of hydrogen-bond donors (Lipinski definition) is 2. The number of aryl methyl sites for hydroxylation is 1. The van der Waals surface area contributed by atoms with Crippen LogP contribution >= 0.6 is 0 Å². The van der Waals surface area contributed by atoms with E-state index < -0.39 is 5.82 Å². The van der Waals surface area contributed by atoms with Crippen LogP contribution in [0.2, 0.25) is 0 Å². The van der Waals surface area contributed by atoms with Crippen molar-refractivity contribution in [3.8, 4) is 11.8 Å². The Balaban J connectivity index is 1.87. The summed E-state index contributed by atoms with van der Waals surface area (Å²) in [5.74, 6) is 0.0847. The number of aromatic amines is 1. The number of nitrogens with zero attached hydrogens (tertiary/aromatic N) is 2. The molecule has 0 fully saturated rings. The maximum absolute atomic E-state index is 13.0. The highest BCUT2D eigenvalue weighted by molar-refractivity contribution is 5.34. The van der Waals surface area contributed by atoms with Crippen LogP contribution in [0.5, 0.6) is 5.75 Å². The van der Waals surface area contributed by atoms with E-state index in [9.17, 15) is 4.39 Å². The van der Waals surface area contributed by atoms with E-state index in [-0.39, 0.29) is 6.61 Å². The number of hydrogen-bond acceptors (Lipinski definition) is 4. The molecule has 5 nitrogen and oxygen atoms in total. The summed E-state index contributed by atoms with van der Waals surface area (Å²) in [6.45, 7) is 2.01. The number of benzene rings is 1. The molecule has 1 heterocycles. The Bertz CT molecular complexity index is 661. The number of halogens is 1. The third kappa shape index (κ3) is 3.58. The lowest BCUT2D eigenvalue weighted by Crippen LogP contribution is -2.03. The van der Waals surface area contributed by atoms with Gasteiger partial charge in [0.1, 0.15) is 17.6 Å². The average Bonchev–Trinajstić information content (AvgIpc) is 2.85. The van der Waals surface area contributed by atoms with Gasteiger partial charge in [0.15, 0.2) is 5.69 Å². The van der Waals surface area contributed by atoms with E-state index in [1.165, 1.54) is 18.2 Å². The molecule has 0 saturated heterocycles. The summed E-state index contributed by atoms with van der Waals surface area (Å²) in [6.07, 6.45) is 1.42. The predicted molar refractivity (Wildman–Crippen MR) is 74.2 cm³/mol. The van der Waals surface area contributed by atoms with Crippen molar-refractivity contribution in [2.24, 2.45) is 0 Å². The molecule has 0 aliphatic heterocycles. The van der Waals surface area contributed by atoms with Crippen molar-refractivity contribution in [1.29, 1.82) is 5.26 Å². The van der Waals surface area contributed by atoms with Crippen molar-refractivity contribution in [2.45, 2.75) is 26.4 Å². The lowest BCUT2D eigenvalue weighted by atomic mass is 10.1. The minimum atomic E-state index is -0.400. The first-order valence-corrected chi connectivity index (χ1v) is 6.61. The molecule has 2 N–H and O–H groups in total. The number of aliphatic hydroxyl groups excluding tert-OH is 1. The monoisotopic (exact) mass is 289 g/mol. The molecule has 0 aliphatic carbocycles. The fourth-order valence-corrected chi connectivity index (χ4v) is 2.03. The largest absolute Gasteiger partial charge is 0.493 e. The van der Waals surface area contributed by atoms with Gasteiger partial charge in [-0.25, -0.2) is 4.39 Å². The molecule has 0 saturated carbocycles. The maximum atomic E-state index is 13.0. The molecule has 1 aromatic heterocycles. The van der Waals surface area contributed by atoms with Gasteiger partial charge in [-0.3, -0.25) is 5.10 Å². The quantitative estimate of drug-likeness (QED) is 0.799. The number of nitrogens with one attached hydrogen (secondary N) is 1. The van der Waals surface area contributed by atoms with Crippen LogP contribution in [0, 0.1) is 24.1 Å². The lowest BCUT2D eigenvalue weighted by molar-refractivity contribution is 0.260. The molecule has 2 rings (SSSR count). The van der Waals surface area contributed by atoms with Gasteiger partial charge in [0.2, 0.25) is 0 Å². The van der Waals surface area contributed by atoms with Crippen molar-refractivity contribution in [1.82, 2.24) is 10.2 Å². The molecule has 0 amide bonds. The Morgan fingerprint density at radius 1 is 1.48 bits per heavy atom. The van der Waals surface area contributed by atoms with Gasteiger partial charge in [0.05, 0.1) is 13.2 Å². The van der Waals surface area contributed by atoms with Crippen LogP contribution in [0.3, 0.4) is 0 Å². The van der Waals surface area contributed by atoms with Gasteiger partial charge >= 0.3 is 0 Å². The zero-order chi connectivity index (χ0) is 15.2. The van der Waals surface area contributed by atoms with E-state index in [1.54, 1.807) is 0 Å². The third-order valence-electron chi connectivity index (χ3n) is 3.24. The normalized spacial score (nSPS) is 10.4. The van der Waals surface area contributed by atoms with Gasteiger partial charge < -0.3 is 9.84 Å². The Hall–Kier alpha value is -2.39. The summed E-state index contributed by atoms with van der Waals surface area (Å²) in [5, 5.41) is 24.7. The minimum absolute atomic E-state index is 0.266. The molecule has 110 valence electrons. The van der Waals surface area contributed by atoms with Crippen molar-refractivity contribution in [2.75, 3.05) is 6.61 Å². The molecular weight excluding hydrogens is 273 g/mol. The van der Waals surface area contributed by atoms with Crippen molar-refractivity contribution in [3.63, 3.8) is 0 Å². The average molecular weight is 289 g/mol. The van der Waals surface area contributed by atoms with Gasteiger partial charge in [-0.2, -0.15) is 10.4 Å². The zero-order valence-electron chi connectivity index (χ0n) is 11.7. The third-order valence-corrected chi connectivity index (χ3v) is 3.24. The van der Waals surface area contributed by atoms with Gasteiger partial charge in [0, 0.05) is 16.8 Å². The molecule has 0 spiro atoms. The van der Waals surface area contributed by atoms with Gasteiger partial charge in [-0.1, -0.05) is 0 Å². The van der Waals surface area contributed by atoms with Crippen molar-refractivity contribution in [3.05, 3.63) is 46.5 Å². The summed E-state index contributed by atoms with van der Waals surface area (Å²) < 4.78 is 18.6. The smallest absolute Gasteiger partial charge is 0.165 e. The van der Waals surface area contributed by atoms with E-state index >= 15 is 0 Å². The van der Waals surface area contributed by atoms with Crippen LogP contribution in [-0.2, 0) is 13.0 Å². The minimum Gasteiger partial charge on any atom is -0.493 e. The van der Waals surface area contributed by atoms with E-state index in [2.05, 4.69) is 10.2 Å². The number of ether oxygens (including phenoxy) is 1. The maximum Gasteiger partial charge on any atom is 0.165 e. The first-order chi connectivity index (χ1) is 10.2. The fourth-order valence-electron chi connectivity index (χ4n) is 2.03. The highest BCUT2D eigenvalue weighted by Gasteiger charge is 2.08. The standard InChI is InChI=1S/C15H16FN3O2/c1-10-13(18-19-14(10)8-17)3-2-6-21-15-5-4-12(16)7-11(15)9-20/h4-5,7,20H,2-3,6,9H2,1H3,(H,18,19). The van der Waals surface area contributed by atoms with E-state index in [4.69, 9.17) is 15.1 Å². The summed E-state index contributed by atoms with van der Waals surface area (Å²) in [6, 6.07) is 6.08. The molecule has 0 bridgehead atoms. The number of rotatable bonds is 6. The molecule has 0 atom stereocenters.